The molecule has 0 bridgehead atoms. The van der Waals surface area contributed by atoms with Gasteiger partial charge in [0.05, 0.1) is 23.9 Å². The van der Waals surface area contributed by atoms with Crippen molar-refractivity contribution in [2.75, 3.05) is 27.2 Å². The molecular formula is C22H23N5O3. The van der Waals surface area contributed by atoms with Gasteiger partial charge in [0.15, 0.2) is 11.4 Å². The van der Waals surface area contributed by atoms with Crippen molar-refractivity contribution >= 4 is 22.9 Å². The van der Waals surface area contributed by atoms with Crippen LogP contribution in [-0.4, -0.2) is 59.2 Å². The molecule has 1 atom stereocenters. The lowest BCUT2D eigenvalue weighted by molar-refractivity contribution is 0.101. The molecule has 8 nitrogen and oxygen atoms in total. The van der Waals surface area contributed by atoms with Crippen LogP contribution in [0.3, 0.4) is 0 Å². The van der Waals surface area contributed by atoms with Gasteiger partial charge >= 0.3 is 0 Å². The maximum Gasteiger partial charge on any atom is 0.232 e. The third-order valence-corrected chi connectivity index (χ3v) is 5.81. The van der Waals surface area contributed by atoms with Gasteiger partial charge < -0.3 is 14.8 Å². The zero-order chi connectivity index (χ0) is 20.7. The van der Waals surface area contributed by atoms with Crippen LogP contribution in [0.1, 0.15) is 28.0 Å². The molecule has 0 saturated carbocycles. The fraction of sp³-hybridized carbons (Fsp3) is 0.318. The largest absolute Gasteiger partial charge is 0.496 e. The number of ether oxygens (including phenoxy) is 2. The minimum absolute atomic E-state index is 0.150. The van der Waals surface area contributed by atoms with Crippen LogP contribution in [0, 0.1) is 0 Å². The molecule has 3 aromatic rings. The molecular weight excluding hydrogens is 382 g/mol. The zero-order valence-electron chi connectivity index (χ0n) is 16.9. The van der Waals surface area contributed by atoms with Crippen LogP contribution in [0.5, 0.6) is 11.5 Å². The first-order valence-electron chi connectivity index (χ1n) is 10.0. The van der Waals surface area contributed by atoms with E-state index in [4.69, 9.17) is 9.47 Å². The number of likely N-dealkylation sites (N-methyl/N-ethyl adjacent to an activating group) is 1. The maximum absolute atomic E-state index is 13.0. The van der Waals surface area contributed by atoms with Crippen LogP contribution in [-0.2, 0) is 6.54 Å². The average molecular weight is 405 g/mol. The van der Waals surface area contributed by atoms with E-state index in [1.54, 1.807) is 25.4 Å². The first-order chi connectivity index (χ1) is 14.7. The van der Waals surface area contributed by atoms with E-state index in [9.17, 15) is 4.79 Å². The van der Waals surface area contributed by atoms with Gasteiger partial charge in [-0.05, 0) is 37.7 Å². The summed E-state index contributed by atoms with van der Waals surface area (Å²) in [4.78, 5) is 19.6. The number of hydrogen-bond donors (Lipinski definition) is 2. The first-order valence-corrected chi connectivity index (χ1v) is 10.0. The zero-order valence-corrected chi connectivity index (χ0v) is 16.9. The van der Waals surface area contributed by atoms with Gasteiger partial charge in [-0.2, -0.15) is 5.10 Å². The Morgan fingerprint density at radius 2 is 2.30 bits per heavy atom. The maximum atomic E-state index is 13.0. The molecule has 2 aliphatic heterocycles. The molecule has 1 aromatic carbocycles. The fourth-order valence-corrected chi connectivity index (χ4v) is 4.17. The lowest BCUT2D eigenvalue weighted by atomic mass is 10.0. The molecule has 0 amide bonds. The number of allylic oxidation sites excluding steroid dienone is 1. The quantitative estimate of drug-likeness (QED) is 0.630. The Kier molecular flexibility index (Phi) is 4.72. The van der Waals surface area contributed by atoms with Gasteiger partial charge in [-0.25, -0.2) is 4.98 Å². The summed E-state index contributed by atoms with van der Waals surface area (Å²) in [5.41, 5.74) is 2.75. The van der Waals surface area contributed by atoms with Gasteiger partial charge in [0.2, 0.25) is 5.78 Å². The molecule has 1 fully saturated rings. The third-order valence-electron chi connectivity index (χ3n) is 5.81. The molecule has 0 radical (unpaired) electrons. The smallest absolute Gasteiger partial charge is 0.232 e. The summed E-state index contributed by atoms with van der Waals surface area (Å²) in [7, 11) is 3.63. The molecule has 8 heteroatoms. The van der Waals surface area contributed by atoms with Crippen LogP contribution in [0.4, 0.5) is 0 Å². The molecule has 0 aliphatic carbocycles. The van der Waals surface area contributed by atoms with Crippen LogP contribution in [0.15, 0.2) is 36.2 Å². The van der Waals surface area contributed by atoms with Crippen molar-refractivity contribution in [3.8, 4) is 11.5 Å². The van der Waals surface area contributed by atoms with Crippen molar-refractivity contribution in [3.63, 3.8) is 0 Å². The molecule has 1 unspecified atom stereocenters. The van der Waals surface area contributed by atoms with Gasteiger partial charge in [0.1, 0.15) is 11.5 Å². The number of benzene rings is 1. The van der Waals surface area contributed by atoms with Crippen molar-refractivity contribution in [3.05, 3.63) is 53.0 Å². The van der Waals surface area contributed by atoms with Crippen molar-refractivity contribution in [2.24, 2.45) is 0 Å². The molecule has 2 N–H and O–H groups in total. The summed E-state index contributed by atoms with van der Waals surface area (Å²) < 4.78 is 11.7. The number of hydrogen-bond acceptors (Lipinski definition) is 7. The second kappa shape index (κ2) is 7.55. The molecule has 154 valence electrons. The Morgan fingerprint density at radius 1 is 1.40 bits per heavy atom. The van der Waals surface area contributed by atoms with Crippen LogP contribution < -0.4 is 14.8 Å². The Balaban J connectivity index is 1.49. The van der Waals surface area contributed by atoms with Gasteiger partial charge in [0, 0.05) is 43.3 Å². The predicted molar refractivity (Wildman–Crippen MR) is 113 cm³/mol. The molecule has 2 aliphatic rings. The highest BCUT2D eigenvalue weighted by atomic mass is 16.5. The van der Waals surface area contributed by atoms with Gasteiger partial charge in [-0.15, -0.1) is 0 Å². The summed E-state index contributed by atoms with van der Waals surface area (Å²) in [5, 5.41) is 11.3. The highest BCUT2D eigenvalue weighted by Crippen LogP contribution is 2.41. The SMILES string of the molecule is CNC1CCN(Cc2c(OC)ccc3c2OC(=Cc2n[nH]c4ncccc24)C3=O)C1. The summed E-state index contributed by atoms with van der Waals surface area (Å²) in [5.74, 6) is 1.41. The highest BCUT2D eigenvalue weighted by Gasteiger charge is 2.33. The van der Waals surface area contributed by atoms with Crippen molar-refractivity contribution < 1.29 is 14.3 Å². The highest BCUT2D eigenvalue weighted by molar-refractivity contribution is 6.15. The van der Waals surface area contributed by atoms with Gasteiger partial charge in [-0.1, -0.05) is 0 Å². The minimum Gasteiger partial charge on any atom is -0.496 e. The molecule has 5 rings (SSSR count). The summed E-state index contributed by atoms with van der Waals surface area (Å²) in [6.45, 7) is 2.60. The number of H-pyrrole nitrogens is 1. The monoisotopic (exact) mass is 405 g/mol. The number of carbonyl (C=O) groups is 1. The number of methoxy groups -OCH3 is 1. The van der Waals surface area contributed by atoms with Gasteiger partial charge in [-0.3, -0.25) is 14.8 Å². The fourth-order valence-electron chi connectivity index (χ4n) is 4.17. The number of fused-ring (bicyclic) bond motifs is 2. The second-order valence-corrected chi connectivity index (χ2v) is 7.58. The van der Waals surface area contributed by atoms with E-state index in [0.717, 1.165) is 36.2 Å². The van der Waals surface area contributed by atoms with Crippen LogP contribution >= 0.6 is 0 Å². The third kappa shape index (κ3) is 3.14. The standard InChI is InChI=1S/C22H23N5O3/c1-23-13-7-9-27(11-13)12-16-18(29-2)6-5-15-20(28)19(30-21(15)16)10-17-14-4-3-8-24-22(14)26-25-17/h3-6,8,10,13,23H,7,9,11-12H2,1-2H3,(H,24,25,26). The molecule has 1 saturated heterocycles. The minimum atomic E-state index is -0.150. The van der Waals surface area contributed by atoms with Crippen LogP contribution in [0.2, 0.25) is 0 Å². The van der Waals surface area contributed by atoms with Crippen molar-refractivity contribution in [1.82, 2.24) is 25.4 Å². The number of ketones is 1. The number of pyridine rings is 1. The molecule has 30 heavy (non-hydrogen) atoms. The van der Waals surface area contributed by atoms with Gasteiger partial charge in [0.25, 0.3) is 0 Å². The molecule has 0 spiro atoms. The normalized spacial score (nSPS) is 20.1. The average Bonchev–Trinajstić information content (AvgIpc) is 3.47. The van der Waals surface area contributed by atoms with E-state index in [0.29, 0.717) is 35.2 Å². The number of likely N-dealkylation sites (tertiary alicyclic amines) is 1. The van der Waals surface area contributed by atoms with E-state index in [1.807, 2.05) is 25.2 Å². The van der Waals surface area contributed by atoms with Crippen molar-refractivity contribution in [1.29, 1.82) is 0 Å². The molecule has 4 heterocycles. The Morgan fingerprint density at radius 3 is 3.10 bits per heavy atom. The number of Topliss-reactive ketones (excluding diaryl/α,β-unsaturated/α-hetero) is 1. The van der Waals surface area contributed by atoms with E-state index in [-0.39, 0.29) is 11.5 Å². The van der Waals surface area contributed by atoms with Crippen molar-refractivity contribution in [2.45, 2.75) is 19.0 Å². The predicted octanol–water partition coefficient (Wildman–Crippen LogP) is 2.38. The molecule has 2 aromatic heterocycles. The number of aromatic nitrogens is 3. The summed E-state index contributed by atoms with van der Waals surface area (Å²) in [6.07, 6.45) is 4.46. The van der Waals surface area contributed by atoms with E-state index < -0.39 is 0 Å². The number of carbonyl (C=O) groups excluding carboxylic acids is 1. The lowest BCUT2D eigenvalue weighted by Crippen LogP contribution is -2.29. The Labute approximate surface area is 173 Å². The van der Waals surface area contributed by atoms with E-state index in [1.165, 1.54) is 0 Å². The van der Waals surface area contributed by atoms with Crippen LogP contribution in [0.25, 0.3) is 17.1 Å². The summed E-state index contributed by atoms with van der Waals surface area (Å²) in [6, 6.07) is 7.84. The Hall–Kier alpha value is -3.23. The second-order valence-electron chi connectivity index (χ2n) is 7.58. The van der Waals surface area contributed by atoms with E-state index in [2.05, 4.69) is 25.4 Å². The number of nitrogens with zero attached hydrogens (tertiary/aromatic N) is 3. The number of nitrogens with one attached hydrogen (secondary N) is 2. The lowest BCUT2D eigenvalue weighted by Gasteiger charge is -2.19. The van der Waals surface area contributed by atoms with E-state index >= 15 is 0 Å². The number of rotatable bonds is 5. The number of aromatic amines is 1. The topological polar surface area (TPSA) is 92.4 Å². The summed E-state index contributed by atoms with van der Waals surface area (Å²) >= 11 is 0. The Bertz CT molecular complexity index is 1150. The first kappa shape index (κ1) is 18.8.